The zero-order valence-electron chi connectivity index (χ0n) is 16.3. The van der Waals surface area contributed by atoms with E-state index < -0.39 is 0 Å². The van der Waals surface area contributed by atoms with Crippen LogP contribution in [0.3, 0.4) is 0 Å². The Bertz CT molecular complexity index is 1180. The predicted molar refractivity (Wildman–Crippen MR) is 114 cm³/mol. The molecule has 0 spiro atoms. The molecule has 2 heterocycles. The van der Waals surface area contributed by atoms with Crippen LogP contribution in [0.2, 0.25) is 0 Å². The number of carbonyl (C=O) groups is 1. The zero-order valence-corrected chi connectivity index (χ0v) is 16.3. The standard InChI is InChI=1S/C25H22N2O2/c1-29-22-14-8-6-12-20(22)25(28)27-16-15-19-18-11-5-7-13-21(18)26-23(19)24(27)17-9-3-2-4-10-17/h2-14,24,26H,15-16H2,1H3/t24-/m1/s1. The average molecular weight is 382 g/mol. The van der Waals surface area contributed by atoms with Crippen LogP contribution in [-0.2, 0) is 6.42 Å². The van der Waals surface area contributed by atoms with Gasteiger partial charge in [-0.05, 0) is 35.7 Å². The van der Waals surface area contributed by atoms with Crippen molar-refractivity contribution in [2.75, 3.05) is 13.7 Å². The average Bonchev–Trinajstić information content (AvgIpc) is 3.17. The number of hydrogen-bond acceptors (Lipinski definition) is 2. The number of amides is 1. The molecule has 29 heavy (non-hydrogen) atoms. The first kappa shape index (κ1) is 17.6. The molecule has 0 saturated heterocycles. The first-order chi connectivity index (χ1) is 14.3. The molecule has 0 bridgehead atoms. The molecule has 1 N–H and O–H groups in total. The van der Waals surface area contributed by atoms with Crippen LogP contribution in [0.25, 0.3) is 10.9 Å². The van der Waals surface area contributed by atoms with Gasteiger partial charge in [0.1, 0.15) is 5.75 Å². The van der Waals surface area contributed by atoms with Gasteiger partial charge in [0.05, 0.1) is 18.7 Å². The molecule has 0 radical (unpaired) electrons. The van der Waals surface area contributed by atoms with Gasteiger partial charge in [0.2, 0.25) is 0 Å². The van der Waals surface area contributed by atoms with Crippen molar-refractivity contribution in [2.24, 2.45) is 0 Å². The van der Waals surface area contributed by atoms with Crippen molar-refractivity contribution >= 4 is 16.8 Å². The van der Waals surface area contributed by atoms with Crippen molar-refractivity contribution in [3.63, 3.8) is 0 Å². The maximum atomic E-state index is 13.6. The number of H-pyrrole nitrogens is 1. The molecule has 1 aliphatic heterocycles. The molecule has 0 saturated carbocycles. The van der Waals surface area contributed by atoms with Crippen LogP contribution in [0.15, 0.2) is 78.9 Å². The molecule has 144 valence electrons. The number of fused-ring (bicyclic) bond motifs is 3. The highest BCUT2D eigenvalue weighted by Crippen LogP contribution is 2.39. The highest BCUT2D eigenvalue weighted by molar-refractivity contribution is 5.98. The third-order valence-electron chi connectivity index (χ3n) is 5.75. The minimum Gasteiger partial charge on any atom is -0.496 e. The minimum absolute atomic E-state index is 0.0133. The molecule has 1 amide bonds. The van der Waals surface area contributed by atoms with Crippen molar-refractivity contribution in [3.8, 4) is 5.75 Å². The number of carbonyl (C=O) groups excluding carboxylic acids is 1. The molecule has 0 unspecified atom stereocenters. The Morgan fingerprint density at radius 2 is 1.69 bits per heavy atom. The maximum absolute atomic E-state index is 13.6. The van der Waals surface area contributed by atoms with E-state index in [9.17, 15) is 4.79 Å². The first-order valence-electron chi connectivity index (χ1n) is 9.86. The smallest absolute Gasteiger partial charge is 0.258 e. The third kappa shape index (κ3) is 2.88. The van der Waals surface area contributed by atoms with Crippen molar-refractivity contribution in [1.29, 1.82) is 0 Å². The molecule has 1 aliphatic rings. The summed E-state index contributed by atoms with van der Waals surface area (Å²) in [4.78, 5) is 19.2. The summed E-state index contributed by atoms with van der Waals surface area (Å²) in [7, 11) is 1.60. The number of methoxy groups -OCH3 is 1. The predicted octanol–water partition coefficient (Wildman–Crippen LogP) is 4.96. The molecule has 3 aromatic carbocycles. The van der Waals surface area contributed by atoms with Crippen LogP contribution < -0.4 is 4.74 Å². The Morgan fingerprint density at radius 3 is 2.52 bits per heavy atom. The summed E-state index contributed by atoms with van der Waals surface area (Å²) >= 11 is 0. The molecule has 0 fully saturated rings. The van der Waals surface area contributed by atoms with Gasteiger partial charge in [-0.25, -0.2) is 0 Å². The second-order valence-electron chi connectivity index (χ2n) is 7.32. The molecule has 1 aromatic heterocycles. The number of nitrogens with zero attached hydrogens (tertiary/aromatic N) is 1. The van der Waals surface area contributed by atoms with E-state index in [1.54, 1.807) is 7.11 Å². The lowest BCUT2D eigenvalue weighted by atomic mass is 9.91. The van der Waals surface area contributed by atoms with E-state index in [-0.39, 0.29) is 11.9 Å². The normalized spacial score (nSPS) is 15.9. The summed E-state index contributed by atoms with van der Waals surface area (Å²) in [5, 5.41) is 1.24. The van der Waals surface area contributed by atoms with Crippen molar-refractivity contribution in [2.45, 2.75) is 12.5 Å². The van der Waals surface area contributed by atoms with E-state index in [1.807, 2.05) is 53.4 Å². The monoisotopic (exact) mass is 382 g/mol. The molecular formula is C25H22N2O2. The number of benzene rings is 3. The van der Waals surface area contributed by atoms with Gasteiger partial charge in [0, 0.05) is 23.1 Å². The number of aromatic nitrogens is 1. The van der Waals surface area contributed by atoms with E-state index in [0.717, 1.165) is 23.2 Å². The maximum Gasteiger partial charge on any atom is 0.258 e. The summed E-state index contributed by atoms with van der Waals surface area (Å²) in [6, 6.07) is 25.9. The SMILES string of the molecule is COc1ccccc1C(=O)N1CCc2c([nH]c3ccccc23)[C@H]1c1ccccc1. The van der Waals surface area contributed by atoms with Gasteiger partial charge in [-0.3, -0.25) is 4.79 Å². The minimum atomic E-state index is -0.162. The lowest BCUT2D eigenvalue weighted by Crippen LogP contribution is -2.40. The molecular weight excluding hydrogens is 360 g/mol. The Labute approximate surface area is 169 Å². The molecule has 1 atom stereocenters. The van der Waals surface area contributed by atoms with Crippen LogP contribution in [0.1, 0.15) is 33.2 Å². The van der Waals surface area contributed by atoms with Gasteiger partial charge in [-0.15, -0.1) is 0 Å². The van der Waals surface area contributed by atoms with E-state index in [4.69, 9.17) is 4.74 Å². The first-order valence-corrected chi connectivity index (χ1v) is 9.86. The Kier molecular flexibility index (Phi) is 4.32. The number of para-hydroxylation sites is 2. The van der Waals surface area contributed by atoms with E-state index >= 15 is 0 Å². The number of nitrogens with one attached hydrogen (secondary N) is 1. The van der Waals surface area contributed by atoms with Gasteiger partial charge in [-0.2, -0.15) is 0 Å². The fourth-order valence-corrected chi connectivity index (χ4v) is 4.42. The quantitative estimate of drug-likeness (QED) is 0.544. The van der Waals surface area contributed by atoms with Crippen LogP contribution in [0, 0.1) is 0 Å². The third-order valence-corrected chi connectivity index (χ3v) is 5.75. The fraction of sp³-hybridized carbons (Fsp3) is 0.160. The van der Waals surface area contributed by atoms with Crippen molar-refractivity contribution < 1.29 is 9.53 Å². The topological polar surface area (TPSA) is 45.3 Å². The molecule has 4 nitrogen and oxygen atoms in total. The Balaban J connectivity index is 1.67. The summed E-state index contributed by atoms with van der Waals surface area (Å²) in [6.07, 6.45) is 0.823. The summed E-state index contributed by atoms with van der Waals surface area (Å²) < 4.78 is 5.46. The van der Waals surface area contributed by atoms with E-state index in [1.165, 1.54) is 10.9 Å². The second-order valence-corrected chi connectivity index (χ2v) is 7.32. The van der Waals surface area contributed by atoms with Crippen molar-refractivity contribution in [1.82, 2.24) is 9.88 Å². The zero-order chi connectivity index (χ0) is 19.8. The Hall–Kier alpha value is -3.53. The van der Waals surface area contributed by atoms with E-state index in [2.05, 4.69) is 35.3 Å². The molecule has 4 aromatic rings. The lowest BCUT2D eigenvalue weighted by Gasteiger charge is -2.36. The number of ether oxygens (including phenoxy) is 1. The van der Waals surface area contributed by atoms with Crippen LogP contribution in [0.5, 0.6) is 5.75 Å². The largest absolute Gasteiger partial charge is 0.496 e. The molecule has 0 aliphatic carbocycles. The second kappa shape index (κ2) is 7.13. The van der Waals surface area contributed by atoms with Gasteiger partial charge in [0.25, 0.3) is 5.91 Å². The van der Waals surface area contributed by atoms with Gasteiger partial charge in [0.15, 0.2) is 0 Å². The fourth-order valence-electron chi connectivity index (χ4n) is 4.42. The van der Waals surface area contributed by atoms with Gasteiger partial charge < -0.3 is 14.6 Å². The van der Waals surface area contributed by atoms with Gasteiger partial charge >= 0.3 is 0 Å². The summed E-state index contributed by atoms with van der Waals surface area (Å²) in [5.41, 5.74) is 5.22. The highest BCUT2D eigenvalue weighted by Gasteiger charge is 2.35. The lowest BCUT2D eigenvalue weighted by molar-refractivity contribution is 0.0688. The van der Waals surface area contributed by atoms with E-state index in [0.29, 0.717) is 17.9 Å². The number of aromatic amines is 1. The molecule has 5 rings (SSSR count). The number of rotatable bonds is 3. The highest BCUT2D eigenvalue weighted by atomic mass is 16.5. The summed E-state index contributed by atoms with van der Waals surface area (Å²) in [5.74, 6) is 0.590. The van der Waals surface area contributed by atoms with Crippen LogP contribution >= 0.6 is 0 Å². The summed E-state index contributed by atoms with van der Waals surface area (Å²) in [6.45, 7) is 0.658. The Morgan fingerprint density at radius 1 is 0.966 bits per heavy atom. The van der Waals surface area contributed by atoms with Gasteiger partial charge in [-0.1, -0.05) is 60.7 Å². The van der Waals surface area contributed by atoms with Crippen molar-refractivity contribution in [3.05, 3.63) is 101 Å². The van der Waals surface area contributed by atoms with Crippen LogP contribution in [-0.4, -0.2) is 29.4 Å². The molecule has 4 heteroatoms. The number of hydrogen-bond donors (Lipinski definition) is 1. The van der Waals surface area contributed by atoms with Crippen LogP contribution in [0.4, 0.5) is 0 Å².